The van der Waals surface area contributed by atoms with Crippen LogP contribution in [0.5, 0.6) is 0 Å². The van der Waals surface area contributed by atoms with E-state index in [-0.39, 0.29) is 0 Å². The standard InChI is InChI=1S/C7H7N3O2.C2H7N/c1-2-11-3-5-6-7(9-10(1)5)12-4-8-6;1-3-2/h4H,1-3H2;3H,1-2H3. The van der Waals surface area contributed by atoms with Crippen LogP contribution in [0.25, 0.3) is 11.2 Å². The number of oxazole rings is 1. The minimum Gasteiger partial charge on any atom is -0.424 e. The third kappa shape index (κ3) is 1.86. The zero-order valence-corrected chi connectivity index (χ0v) is 8.86. The molecule has 0 bridgehead atoms. The van der Waals surface area contributed by atoms with Crippen LogP contribution in [-0.2, 0) is 17.9 Å². The molecule has 3 heterocycles. The smallest absolute Gasteiger partial charge is 0.265 e. The fourth-order valence-corrected chi connectivity index (χ4v) is 1.45. The number of hydrogen-bond donors (Lipinski definition) is 1. The highest BCUT2D eigenvalue weighted by Crippen LogP contribution is 2.19. The first kappa shape index (κ1) is 10.1. The van der Waals surface area contributed by atoms with Crippen molar-refractivity contribution in [3.63, 3.8) is 0 Å². The Hall–Kier alpha value is -1.40. The van der Waals surface area contributed by atoms with E-state index in [0.29, 0.717) is 12.3 Å². The molecule has 0 atom stereocenters. The molecular formula is C9H14N4O2. The molecule has 0 fully saturated rings. The summed E-state index contributed by atoms with van der Waals surface area (Å²) in [6.07, 6.45) is 1.41. The van der Waals surface area contributed by atoms with Gasteiger partial charge in [-0.2, -0.15) is 0 Å². The number of ether oxygens (including phenoxy) is 1. The van der Waals surface area contributed by atoms with Gasteiger partial charge in [-0.15, -0.1) is 5.10 Å². The Bertz CT molecular complexity index is 434. The fourth-order valence-electron chi connectivity index (χ4n) is 1.45. The van der Waals surface area contributed by atoms with Crippen LogP contribution in [0.3, 0.4) is 0 Å². The molecule has 0 spiro atoms. The second-order valence-corrected chi connectivity index (χ2v) is 3.23. The summed E-state index contributed by atoms with van der Waals surface area (Å²) >= 11 is 0. The van der Waals surface area contributed by atoms with E-state index in [9.17, 15) is 0 Å². The Morgan fingerprint density at radius 1 is 1.47 bits per heavy atom. The van der Waals surface area contributed by atoms with E-state index in [0.717, 1.165) is 24.4 Å². The summed E-state index contributed by atoms with van der Waals surface area (Å²) in [6, 6.07) is 0. The molecule has 1 aliphatic heterocycles. The van der Waals surface area contributed by atoms with E-state index in [1.807, 2.05) is 18.8 Å². The summed E-state index contributed by atoms with van der Waals surface area (Å²) < 4.78 is 12.3. The minimum atomic E-state index is 0.586. The molecule has 0 saturated carbocycles. The van der Waals surface area contributed by atoms with Gasteiger partial charge in [-0.25, -0.2) is 4.98 Å². The zero-order chi connectivity index (χ0) is 10.7. The summed E-state index contributed by atoms with van der Waals surface area (Å²) in [5.74, 6) is 0. The van der Waals surface area contributed by atoms with E-state index in [4.69, 9.17) is 9.15 Å². The average molecular weight is 210 g/mol. The molecule has 1 aliphatic rings. The maximum absolute atomic E-state index is 5.29. The van der Waals surface area contributed by atoms with Crippen molar-refractivity contribution < 1.29 is 9.15 Å². The van der Waals surface area contributed by atoms with Crippen molar-refractivity contribution >= 4 is 11.2 Å². The lowest BCUT2D eigenvalue weighted by molar-refractivity contribution is 0.0808. The molecule has 0 radical (unpaired) electrons. The second-order valence-electron chi connectivity index (χ2n) is 3.23. The fraction of sp³-hybridized carbons (Fsp3) is 0.556. The van der Waals surface area contributed by atoms with Crippen LogP contribution in [0, 0.1) is 0 Å². The maximum atomic E-state index is 5.29. The Morgan fingerprint density at radius 3 is 3.07 bits per heavy atom. The Balaban J connectivity index is 0.000000258. The van der Waals surface area contributed by atoms with Crippen LogP contribution in [-0.4, -0.2) is 35.5 Å². The van der Waals surface area contributed by atoms with Gasteiger partial charge < -0.3 is 14.5 Å². The maximum Gasteiger partial charge on any atom is 0.265 e. The first-order valence-corrected chi connectivity index (χ1v) is 4.82. The first-order valence-electron chi connectivity index (χ1n) is 4.82. The highest BCUT2D eigenvalue weighted by atomic mass is 16.5. The Labute approximate surface area is 87.2 Å². The highest BCUT2D eigenvalue weighted by molar-refractivity contribution is 5.70. The van der Waals surface area contributed by atoms with Gasteiger partial charge in [0, 0.05) is 0 Å². The van der Waals surface area contributed by atoms with Gasteiger partial charge in [0.1, 0.15) is 0 Å². The molecule has 1 N–H and O–H groups in total. The van der Waals surface area contributed by atoms with Crippen LogP contribution in [0.1, 0.15) is 5.69 Å². The van der Waals surface area contributed by atoms with Gasteiger partial charge in [0.15, 0.2) is 11.9 Å². The third-order valence-corrected chi connectivity index (χ3v) is 2.03. The van der Waals surface area contributed by atoms with Crippen LogP contribution in [0.15, 0.2) is 10.8 Å². The highest BCUT2D eigenvalue weighted by Gasteiger charge is 2.17. The van der Waals surface area contributed by atoms with Gasteiger partial charge in [0.2, 0.25) is 0 Å². The van der Waals surface area contributed by atoms with Gasteiger partial charge in [-0.3, -0.25) is 4.68 Å². The Morgan fingerprint density at radius 2 is 2.27 bits per heavy atom. The van der Waals surface area contributed by atoms with Crippen LogP contribution < -0.4 is 5.32 Å². The van der Waals surface area contributed by atoms with E-state index >= 15 is 0 Å². The van der Waals surface area contributed by atoms with Crippen LogP contribution in [0.4, 0.5) is 0 Å². The third-order valence-electron chi connectivity index (χ3n) is 2.03. The monoisotopic (exact) mass is 210 g/mol. The topological polar surface area (TPSA) is 65.1 Å². The molecule has 82 valence electrons. The van der Waals surface area contributed by atoms with E-state index in [1.54, 1.807) is 0 Å². The summed E-state index contributed by atoms with van der Waals surface area (Å²) in [5, 5.41) is 6.97. The van der Waals surface area contributed by atoms with Crippen molar-refractivity contribution in [3.8, 4) is 0 Å². The van der Waals surface area contributed by atoms with E-state index in [1.165, 1.54) is 6.39 Å². The molecule has 6 heteroatoms. The average Bonchev–Trinajstić information content (AvgIpc) is 2.78. The van der Waals surface area contributed by atoms with Crippen molar-refractivity contribution in [2.24, 2.45) is 0 Å². The van der Waals surface area contributed by atoms with Gasteiger partial charge in [0.05, 0.1) is 25.5 Å². The quantitative estimate of drug-likeness (QED) is 0.681. The SMILES string of the molecule is CNC.c1nc2c3n(nc2o1)CCOC3. The summed E-state index contributed by atoms with van der Waals surface area (Å²) in [4.78, 5) is 4.06. The largest absolute Gasteiger partial charge is 0.424 e. The number of hydrogen-bond acceptors (Lipinski definition) is 5. The minimum absolute atomic E-state index is 0.586. The molecule has 0 aromatic carbocycles. The zero-order valence-electron chi connectivity index (χ0n) is 8.86. The summed E-state index contributed by atoms with van der Waals surface area (Å²) in [6.45, 7) is 2.10. The van der Waals surface area contributed by atoms with E-state index < -0.39 is 0 Å². The van der Waals surface area contributed by atoms with Gasteiger partial charge in [-0.05, 0) is 14.1 Å². The summed E-state index contributed by atoms with van der Waals surface area (Å²) in [7, 11) is 3.75. The molecule has 15 heavy (non-hydrogen) atoms. The summed E-state index contributed by atoms with van der Waals surface area (Å²) in [5.41, 5.74) is 2.45. The molecule has 0 unspecified atom stereocenters. The molecule has 0 saturated heterocycles. The lowest BCUT2D eigenvalue weighted by Crippen LogP contribution is -2.17. The van der Waals surface area contributed by atoms with Gasteiger partial charge in [-0.1, -0.05) is 0 Å². The van der Waals surface area contributed by atoms with Crippen LogP contribution in [0.2, 0.25) is 0 Å². The van der Waals surface area contributed by atoms with E-state index in [2.05, 4.69) is 15.4 Å². The number of nitrogens with zero attached hydrogens (tertiary/aromatic N) is 3. The van der Waals surface area contributed by atoms with Crippen molar-refractivity contribution in [1.29, 1.82) is 0 Å². The van der Waals surface area contributed by atoms with Crippen molar-refractivity contribution in [2.45, 2.75) is 13.2 Å². The molecule has 0 aliphatic carbocycles. The van der Waals surface area contributed by atoms with Gasteiger partial charge in [0.25, 0.3) is 5.71 Å². The number of rotatable bonds is 0. The predicted molar refractivity (Wildman–Crippen MR) is 54.4 cm³/mol. The molecule has 2 aromatic heterocycles. The lowest BCUT2D eigenvalue weighted by Gasteiger charge is -2.12. The van der Waals surface area contributed by atoms with Gasteiger partial charge >= 0.3 is 0 Å². The van der Waals surface area contributed by atoms with Crippen LogP contribution >= 0.6 is 0 Å². The Kier molecular flexibility index (Phi) is 2.98. The normalized spacial score (nSPS) is 14.5. The lowest BCUT2D eigenvalue weighted by atomic mass is 10.4. The molecule has 0 amide bonds. The molecule has 6 nitrogen and oxygen atoms in total. The molecular weight excluding hydrogens is 196 g/mol. The second kappa shape index (κ2) is 4.41. The number of fused-ring (bicyclic) bond motifs is 3. The molecule has 3 rings (SSSR count). The van der Waals surface area contributed by atoms with Crippen molar-refractivity contribution in [1.82, 2.24) is 20.1 Å². The van der Waals surface area contributed by atoms with Crippen molar-refractivity contribution in [3.05, 3.63) is 12.1 Å². The molecule has 2 aromatic rings. The first-order chi connectivity index (χ1) is 7.36. The number of nitrogens with one attached hydrogen (secondary N) is 1. The van der Waals surface area contributed by atoms with Crippen molar-refractivity contribution in [2.75, 3.05) is 20.7 Å². The predicted octanol–water partition coefficient (Wildman–Crippen LogP) is 0.390. The number of aromatic nitrogens is 3.